The number of carbonyl (C=O) groups is 2. The molecule has 0 amide bonds. The quantitative estimate of drug-likeness (QED) is 0.335. The molecule has 154 valence electrons. The van der Waals surface area contributed by atoms with Gasteiger partial charge >= 0.3 is 11.9 Å². The fraction of sp³-hybridized carbons (Fsp3) is 0. The van der Waals surface area contributed by atoms with Crippen molar-refractivity contribution >= 4 is 55.4 Å². The molecule has 0 saturated heterocycles. The Balaban J connectivity index is 1.91. The van der Waals surface area contributed by atoms with Crippen molar-refractivity contribution in [2.45, 2.75) is 0 Å². The van der Waals surface area contributed by atoms with E-state index in [1.807, 2.05) is 60.7 Å². The second-order valence-corrected chi connectivity index (χ2v) is 7.54. The van der Waals surface area contributed by atoms with Crippen LogP contribution in [0.15, 0.2) is 81.6 Å². The van der Waals surface area contributed by atoms with Crippen molar-refractivity contribution in [2.75, 3.05) is 0 Å². The number of hydrogen-bond donors (Lipinski definition) is 2. The SMILES string of the molecule is O=C(O)c1oc2ccc3ccccc3c2c1-c1c(C(=O)O)oc2ccc3ccccc3c12. The summed E-state index contributed by atoms with van der Waals surface area (Å²) in [5.41, 5.74) is 1.14. The lowest BCUT2D eigenvalue weighted by molar-refractivity contribution is 0.0653. The molecule has 0 fully saturated rings. The van der Waals surface area contributed by atoms with Gasteiger partial charge in [-0.05, 0) is 33.7 Å². The summed E-state index contributed by atoms with van der Waals surface area (Å²) in [6, 6.07) is 22.1. The Morgan fingerprint density at radius 3 is 1.38 bits per heavy atom. The molecule has 0 spiro atoms. The van der Waals surface area contributed by atoms with Crippen LogP contribution in [0.2, 0.25) is 0 Å². The average molecular weight is 422 g/mol. The Labute approximate surface area is 179 Å². The minimum absolute atomic E-state index is 0.205. The average Bonchev–Trinajstić information content (AvgIpc) is 3.38. The number of hydrogen-bond acceptors (Lipinski definition) is 4. The van der Waals surface area contributed by atoms with E-state index in [0.717, 1.165) is 21.5 Å². The fourth-order valence-electron chi connectivity index (χ4n) is 4.52. The summed E-state index contributed by atoms with van der Waals surface area (Å²) >= 11 is 0. The van der Waals surface area contributed by atoms with Crippen LogP contribution in [0, 0.1) is 0 Å². The normalized spacial score (nSPS) is 11.6. The summed E-state index contributed by atoms with van der Waals surface area (Å²) in [4.78, 5) is 24.5. The van der Waals surface area contributed by atoms with Gasteiger partial charge in [0.15, 0.2) is 0 Å². The van der Waals surface area contributed by atoms with Gasteiger partial charge < -0.3 is 19.0 Å². The van der Waals surface area contributed by atoms with Gasteiger partial charge in [0.2, 0.25) is 11.5 Å². The predicted molar refractivity (Wildman–Crippen MR) is 120 cm³/mol. The molecular formula is C26H14O6. The smallest absolute Gasteiger partial charge is 0.372 e. The molecule has 0 saturated carbocycles. The molecule has 0 radical (unpaired) electrons. The third-order valence-electron chi connectivity index (χ3n) is 5.80. The molecule has 2 heterocycles. The molecule has 2 aromatic heterocycles. The van der Waals surface area contributed by atoms with Gasteiger partial charge in [-0.3, -0.25) is 0 Å². The lowest BCUT2D eigenvalue weighted by Crippen LogP contribution is -2.00. The van der Waals surface area contributed by atoms with E-state index < -0.39 is 11.9 Å². The van der Waals surface area contributed by atoms with Crippen molar-refractivity contribution in [3.63, 3.8) is 0 Å². The van der Waals surface area contributed by atoms with E-state index in [-0.39, 0.29) is 22.6 Å². The molecule has 0 bridgehead atoms. The summed E-state index contributed by atoms with van der Waals surface area (Å²) in [5, 5.41) is 24.3. The number of carboxylic acid groups (broad SMARTS) is 2. The van der Waals surface area contributed by atoms with Crippen LogP contribution in [0.25, 0.3) is 54.6 Å². The van der Waals surface area contributed by atoms with E-state index in [0.29, 0.717) is 21.9 Å². The van der Waals surface area contributed by atoms with E-state index in [1.54, 1.807) is 12.1 Å². The second-order valence-electron chi connectivity index (χ2n) is 7.54. The Bertz CT molecular complexity index is 1600. The largest absolute Gasteiger partial charge is 0.475 e. The summed E-state index contributed by atoms with van der Waals surface area (Å²) in [7, 11) is 0. The van der Waals surface area contributed by atoms with Crippen molar-refractivity contribution in [1.29, 1.82) is 0 Å². The Hall–Kier alpha value is -4.58. The minimum Gasteiger partial charge on any atom is -0.475 e. The molecule has 6 aromatic rings. The van der Waals surface area contributed by atoms with Gasteiger partial charge in [0.25, 0.3) is 0 Å². The maximum absolute atomic E-state index is 12.2. The van der Waals surface area contributed by atoms with E-state index in [1.165, 1.54) is 0 Å². The Morgan fingerprint density at radius 2 is 0.969 bits per heavy atom. The second kappa shape index (κ2) is 6.46. The summed E-state index contributed by atoms with van der Waals surface area (Å²) in [6.45, 7) is 0. The highest BCUT2D eigenvalue weighted by molar-refractivity contribution is 6.25. The fourth-order valence-corrected chi connectivity index (χ4v) is 4.52. The molecule has 6 nitrogen and oxygen atoms in total. The molecule has 0 aliphatic heterocycles. The molecule has 0 aliphatic rings. The van der Waals surface area contributed by atoms with Gasteiger partial charge in [-0.25, -0.2) is 9.59 Å². The van der Waals surface area contributed by atoms with Crippen molar-refractivity contribution in [1.82, 2.24) is 0 Å². The summed E-state index contributed by atoms with van der Waals surface area (Å²) < 4.78 is 11.5. The van der Waals surface area contributed by atoms with Gasteiger partial charge in [0.1, 0.15) is 11.2 Å². The maximum Gasteiger partial charge on any atom is 0.372 e. The van der Waals surface area contributed by atoms with E-state index in [4.69, 9.17) is 8.83 Å². The number of fused-ring (bicyclic) bond motifs is 6. The lowest BCUT2D eigenvalue weighted by Gasteiger charge is -2.05. The number of rotatable bonds is 3. The zero-order valence-corrected chi connectivity index (χ0v) is 16.5. The molecule has 6 heteroatoms. The van der Waals surface area contributed by atoms with Crippen LogP contribution in [0.5, 0.6) is 0 Å². The Kier molecular flexibility index (Phi) is 3.67. The van der Waals surface area contributed by atoms with Gasteiger partial charge in [-0.15, -0.1) is 0 Å². The summed E-state index contributed by atoms with van der Waals surface area (Å²) in [5.74, 6) is -3.22. The van der Waals surface area contributed by atoms with Gasteiger partial charge in [-0.1, -0.05) is 60.7 Å². The third kappa shape index (κ3) is 2.40. The molecule has 0 atom stereocenters. The molecule has 2 N–H and O–H groups in total. The van der Waals surface area contributed by atoms with E-state index in [2.05, 4.69) is 0 Å². The highest BCUT2D eigenvalue weighted by Crippen LogP contribution is 2.46. The van der Waals surface area contributed by atoms with Gasteiger partial charge in [0, 0.05) is 21.9 Å². The molecule has 0 aliphatic carbocycles. The molecule has 0 unspecified atom stereocenters. The third-order valence-corrected chi connectivity index (χ3v) is 5.80. The zero-order valence-electron chi connectivity index (χ0n) is 16.5. The first-order chi connectivity index (χ1) is 15.5. The topological polar surface area (TPSA) is 101 Å². The first-order valence-corrected chi connectivity index (χ1v) is 9.90. The minimum atomic E-state index is -1.29. The standard InChI is InChI=1S/C26H14O6/c27-25(28)23-21(19-15-7-3-1-5-13(15)9-11-17(19)31-23)22-20-16-8-4-2-6-14(16)10-12-18(20)32-24(22)26(29)30/h1-12H,(H,27,28)(H,29,30). The van der Waals surface area contributed by atoms with Crippen molar-refractivity contribution in [3.8, 4) is 11.1 Å². The maximum atomic E-state index is 12.2. The number of furan rings is 2. The highest BCUT2D eigenvalue weighted by Gasteiger charge is 2.31. The first kappa shape index (κ1) is 18.2. The Morgan fingerprint density at radius 1 is 0.562 bits per heavy atom. The van der Waals surface area contributed by atoms with Crippen molar-refractivity contribution in [2.24, 2.45) is 0 Å². The molecule has 32 heavy (non-hydrogen) atoms. The van der Waals surface area contributed by atoms with Gasteiger partial charge in [0.05, 0.1) is 0 Å². The number of carboxylic acids is 2. The predicted octanol–water partition coefficient (Wildman–Crippen LogP) is 6.55. The van der Waals surface area contributed by atoms with Crippen molar-refractivity contribution < 1.29 is 28.6 Å². The number of benzene rings is 4. The zero-order chi connectivity index (χ0) is 22.0. The van der Waals surface area contributed by atoms with Crippen LogP contribution >= 0.6 is 0 Å². The van der Waals surface area contributed by atoms with Crippen LogP contribution in [-0.4, -0.2) is 22.2 Å². The van der Waals surface area contributed by atoms with E-state index in [9.17, 15) is 19.8 Å². The van der Waals surface area contributed by atoms with Crippen LogP contribution in [0.4, 0.5) is 0 Å². The monoisotopic (exact) mass is 422 g/mol. The van der Waals surface area contributed by atoms with Crippen LogP contribution < -0.4 is 0 Å². The van der Waals surface area contributed by atoms with Crippen LogP contribution in [0.1, 0.15) is 21.1 Å². The van der Waals surface area contributed by atoms with E-state index >= 15 is 0 Å². The van der Waals surface area contributed by atoms with Crippen LogP contribution in [0.3, 0.4) is 0 Å². The highest BCUT2D eigenvalue weighted by atomic mass is 16.4. The number of aromatic carboxylic acids is 2. The first-order valence-electron chi connectivity index (χ1n) is 9.90. The van der Waals surface area contributed by atoms with Crippen LogP contribution in [-0.2, 0) is 0 Å². The van der Waals surface area contributed by atoms with Gasteiger partial charge in [-0.2, -0.15) is 0 Å². The molecular weight excluding hydrogens is 408 g/mol. The van der Waals surface area contributed by atoms with Crippen molar-refractivity contribution in [3.05, 3.63) is 84.3 Å². The summed E-state index contributed by atoms with van der Waals surface area (Å²) in [6.07, 6.45) is 0. The molecule has 6 rings (SSSR count). The lowest BCUT2D eigenvalue weighted by atomic mass is 9.93. The molecule has 4 aromatic carbocycles.